The summed E-state index contributed by atoms with van der Waals surface area (Å²) in [6.07, 6.45) is 3.61. The third-order valence-electron chi connectivity index (χ3n) is 2.59. The lowest BCUT2D eigenvalue weighted by Gasteiger charge is -2.13. The average Bonchev–Trinajstić information content (AvgIpc) is 2.38. The van der Waals surface area contributed by atoms with Crippen LogP contribution in [0.1, 0.15) is 24.4 Å². The van der Waals surface area contributed by atoms with E-state index in [1.54, 1.807) is 12.4 Å². The number of pyridine rings is 2. The number of hydrogen-bond acceptors (Lipinski definition) is 3. The summed E-state index contributed by atoms with van der Waals surface area (Å²) in [5.74, 6) is 0. The number of nitrogens with zero attached hydrogens (tertiary/aromatic N) is 2. The van der Waals surface area contributed by atoms with Crippen LogP contribution in [0.4, 0.5) is 0 Å². The lowest BCUT2D eigenvalue weighted by Crippen LogP contribution is -2.19. The molecule has 2 aromatic rings. The molecule has 0 aliphatic heterocycles. The highest BCUT2D eigenvalue weighted by Crippen LogP contribution is 2.20. The molecule has 2 rings (SSSR count). The molecular weight excluding hydrogens is 358 g/mol. The number of nitrogens with one attached hydrogen (secondary N) is 1. The molecule has 0 aliphatic carbocycles. The summed E-state index contributed by atoms with van der Waals surface area (Å²) in [7, 11) is 0. The van der Waals surface area contributed by atoms with Gasteiger partial charge in [0.1, 0.15) is 0 Å². The Labute approximate surface area is 123 Å². The monoisotopic (exact) mass is 369 g/mol. The fourth-order valence-corrected chi connectivity index (χ4v) is 2.69. The third kappa shape index (κ3) is 3.60. The van der Waals surface area contributed by atoms with Crippen molar-refractivity contribution >= 4 is 31.9 Å². The maximum absolute atomic E-state index is 4.37. The summed E-state index contributed by atoms with van der Waals surface area (Å²) in [6.45, 7) is 2.79. The van der Waals surface area contributed by atoms with Gasteiger partial charge in [0.2, 0.25) is 0 Å². The van der Waals surface area contributed by atoms with E-state index >= 15 is 0 Å². The van der Waals surface area contributed by atoms with Gasteiger partial charge in [-0.15, -0.1) is 0 Å². The van der Waals surface area contributed by atoms with Gasteiger partial charge in [0, 0.05) is 33.9 Å². The van der Waals surface area contributed by atoms with Crippen molar-refractivity contribution in [2.45, 2.75) is 19.5 Å². The number of rotatable bonds is 4. The summed E-state index contributed by atoms with van der Waals surface area (Å²) < 4.78 is 1.97. The molecule has 0 amide bonds. The van der Waals surface area contributed by atoms with Gasteiger partial charge in [-0.2, -0.15) is 0 Å². The second kappa shape index (κ2) is 6.41. The number of hydrogen-bond donors (Lipinski definition) is 1. The van der Waals surface area contributed by atoms with Gasteiger partial charge in [-0.3, -0.25) is 9.97 Å². The van der Waals surface area contributed by atoms with Gasteiger partial charge in [-0.25, -0.2) is 0 Å². The molecule has 0 saturated heterocycles. The smallest absolute Gasteiger partial charge is 0.0684 e. The van der Waals surface area contributed by atoms with Crippen LogP contribution in [0.2, 0.25) is 0 Å². The van der Waals surface area contributed by atoms with E-state index in [-0.39, 0.29) is 6.04 Å². The molecule has 0 bridgehead atoms. The van der Waals surface area contributed by atoms with Gasteiger partial charge >= 0.3 is 0 Å². The normalized spacial score (nSPS) is 12.4. The quantitative estimate of drug-likeness (QED) is 0.888. The molecule has 0 spiro atoms. The van der Waals surface area contributed by atoms with E-state index in [4.69, 9.17) is 0 Å². The van der Waals surface area contributed by atoms with E-state index in [1.165, 1.54) is 0 Å². The van der Waals surface area contributed by atoms with Crippen molar-refractivity contribution in [3.63, 3.8) is 0 Å². The summed E-state index contributed by atoms with van der Waals surface area (Å²) in [6, 6.07) is 8.12. The van der Waals surface area contributed by atoms with Crippen molar-refractivity contribution in [1.82, 2.24) is 15.3 Å². The standard InChI is InChI=1S/C13H13Br2N3/c1-9(12-4-2-3-5-16-12)17-8-13-11(15)6-10(14)7-18-13/h2-7,9,17H,8H2,1H3/t9-/m1/s1. The Morgan fingerprint density at radius 2 is 2.11 bits per heavy atom. The molecule has 2 heterocycles. The van der Waals surface area contributed by atoms with Gasteiger partial charge < -0.3 is 5.32 Å². The van der Waals surface area contributed by atoms with Crippen LogP contribution in [0.3, 0.4) is 0 Å². The molecule has 0 radical (unpaired) electrons. The molecule has 0 unspecified atom stereocenters. The molecule has 0 aromatic carbocycles. The van der Waals surface area contributed by atoms with Gasteiger partial charge in [0.15, 0.2) is 0 Å². The second-order valence-electron chi connectivity index (χ2n) is 3.94. The van der Waals surface area contributed by atoms with Crippen LogP contribution >= 0.6 is 31.9 Å². The SMILES string of the molecule is C[C@@H](NCc1ncc(Br)cc1Br)c1ccccn1. The topological polar surface area (TPSA) is 37.8 Å². The molecule has 1 N–H and O–H groups in total. The first-order valence-electron chi connectivity index (χ1n) is 5.61. The van der Waals surface area contributed by atoms with Crippen molar-refractivity contribution < 1.29 is 0 Å². The summed E-state index contributed by atoms with van der Waals surface area (Å²) >= 11 is 6.90. The van der Waals surface area contributed by atoms with E-state index in [2.05, 4.69) is 54.1 Å². The fraction of sp³-hybridized carbons (Fsp3) is 0.231. The maximum atomic E-state index is 4.37. The molecular formula is C13H13Br2N3. The van der Waals surface area contributed by atoms with Crippen LogP contribution in [0.5, 0.6) is 0 Å². The Bertz CT molecular complexity index is 517. The Hall–Kier alpha value is -0.780. The third-order valence-corrected chi connectivity index (χ3v) is 3.71. The summed E-state index contributed by atoms with van der Waals surface area (Å²) in [4.78, 5) is 8.69. The Morgan fingerprint density at radius 3 is 2.78 bits per heavy atom. The molecule has 3 nitrogen and oxygen atoms in total. The highest BCUT2D eigenvalue weighted by molar-refractivity contribution is 9.11. The Kier molecular flexibility index (Phi) is 4.86. The second-order valence-corrected chi connectivity index (χ2v) is 5.71. The summed E-state index contributed by atoms with van der Waals surface area (Å²) in [5.41, 5.74) is 2.02. The van der Waals surface area contributed by atoms with E-state index in [0.717, 1.165) is 20.3 Å². The predicted octanol–water partition coefficient (Wildman–Crippen LogP) is 3.85. The predicted molar refractivity (Wildman–Crippen MR) is 79.1 cm³/mol. The van der Waals surface area contributed by atoms with Crippen molar-refractivity contribution in [1.29, 1.82) is 0 Å². The Morgan fingerprint density at radius 1 is 1.28 bits per heavy atom. The zero-order chi connectivity index (χ0) is 13.0. The van der Waals surface area contributed by atoms with Crippen LogP contribution in [-0.4, -0.2) is 9.97 Å². The van der Waals surface area contributed by atoms with Gasteiger partial charge in [0.05, 0.1) is 11.4 Å². The van der Waals surface area contributed by atoms with Gasteiger partial charge in [0.25, 0.3) is 0 Å². The highest BCUT2D eigenvalue weighted by atomic mass is 79.9. The first-order chi connectivity index (χ1) is 8.66. The minimum Gasteiger partial charge on any atom is -0.303 e. The first-order valence-corrected chi connectivity index (χ1v) is 7.19. The van der Waals surface area contributed by atoms with E-state index in [0.29, 0.717) is 6.54 Å². The molecule has 0 saturated carbocycles. The molecule has 2 aromatic heterocycles. The van der Waals surface area contributed by atoms with Crippen molar-refractivity contribution in [3.8, 4) is 0 Å². The van der Waals surface area contributed by atoms with Crippen LogP contribution in [-0.2, 0) is 6.54 Å². The Balaban J connectivity index is 1.99. The summed E-state index contributed by atoms with van der Waals surface area (Å²) in [5, 5.41) is 3.41. The van der Waals surface area contributed by atoms with Gasteiger partial charge in [-0.05, 0) is 57.0 Å². The first kappa shape index (κ1) is 13.6. The molecule has 0 fully saturated rings. The molecule has 18 heavy (non-hydrogen) atoms. The fourth-order valence-electron chi connectivity index (χ4n) is 1.56. The number of halogens is 2. The van der Waals surface area contributed by atoms with E-state index in [9.17, 15) is 0 Å². The van der Waals surface area contributed by atoms with Gasteiger partial charge in [-0.1, -0.05) is 6.07 Å². The van der Waals surface area contributed by atoms with Crippen LogP contribution < -0.4 is 5.32 Å². The van der Waals surface area contributed by atoms with E-state index < -0.39 is 0 Å². The lowest BCUT2D eigenvalue weighted by atomic mass is 10.2. The largest absolute Gasteiger partial charge is 0.303 e. The highest BCUT2D eigenvalue weighted by Gasteiger charge is 2.07. The van der Waals surface area contributed by atoms with Crippen LogP contribution in [0, 0.1) is 0 Å². The minimum absolute atomic E-state index is 0.198. The van der Waals surface area contributed by atoms with E-state index in [1.807, 2.05) is 24.3 Å². The van der Waals surface area contributed by atoms with Crippen LogP contribution in [0.15, 0.2) is 45.6 Å². The van der Waals surface area contributed by atoms with Crippen molar-refractivity contribution in [3.05, 3.63) is 57.0 Å². The van der Waals surface area contributed by atoms with Crippen molar-refractivity contribution in [2.24, 2.45) is 0 Å². The average molecular weight is 371 g/mol. The van der Waals surface area contributed by atoms with Crippen LogP contribution in [0.25, 0.3) is 0 Å². The number of aromatic nitrogens is 2. The molecule has 94 valence electrons. The molecule has 5 heteroatoms. The minimum atomic E-state index is 0.198. The molecule has 0 aliphatic rings. The molecule has 1 atom stereocenters. The zero-order valence-electron chi connectivity index (χ0n) is 9.90. The van der Waals surface area contributed by atoms with Crippen molar-refractivity contribution in [2.75, 3.05) is 0 Å². The maximum Gasteiger partial charge on any atom is 0.0684 e. The zero-order valence-corrected chi connectivity index (χ0v) is 13.1. The lowest BCUT2D eigenvalue weighted by molar-refractivity contribution is 0.554.